The van der Waals surface area contributed by atoms with Gasteiger partial charge in [-0.2, -0.15) is 0 Å². The van der Waals surface area contributed by atoms with Crippen molar-refractivity contribution in [3.8, 4) is 0 Å². The third-order valence-corrected chi connectivity index (χ3v) is 6.36. The fourth-order valence-electron chi connectivity index (χ4n) is 2.88. The van der Waals surface area contributed by atoms with Gasteiger partial charge in [0.1, 0.15) is 0 Å². The van der Waals surface area contributed by atoms with Crippen LogP contribution in [0.25, 0.3) is 0 Å². The average molecular weight is 354 g/mol. The molecule has 132 valence electrons. The summed E-state index contributed by atoms with van der Waals surface area (Å²) in [5, 5.41) is 14.5. The Labute approximate surface area is 141 Å². The van der Waals surface area contributed by atoms with Crippen molar-refractivity contribution < 1.29 is 23.1 Å². The summed E-state index contributed by atoms with van der Waals surface area (Å²) >= 11 is 0. The molecule has 1 aromatic carbocycles. The van der Waals surface area contributed by atoms with Crippen molar-refractivity contribution in [1.82, 2.24) is 5.32 Å². The summed E-state index contributed by atoms with van der Waals surface area (Å²) in [6.07, 6.45) is 0.422. The molecule has 2 rings (SSSR count). The van der Waals surface area contributed by atoms with Crippen molar-refractivity contribution in [2.24, 2.45) is 5.92 Å². The van der Waals surface area contributed by atoms with Gasteiger partial charge in [-0.05, 0) is 50.6 Å². The van der Waals surface area contributed by atoms with Crippen LogP contribution in [0, 0.1) is 5.92 Å². The second kappa shape index (κ2) is 6.90. The van der Waals surface area contributed by atoms with Gasteiger partial charge in [-0.1, -0.05) is 0 Å². The third kappa shape index (κ3) is 3.59. The van der Waals surface area contributed by atoms with Gasteiger partial charge >= 0.3 is 5.97 Å². The Morgan fingerprint density at radius 1 is 1.33 bits per heavy atom. The predicted molar refractivity (Wildman–Crippen MR) is 89.6 cm³/mol. The number of carbonyl (C=O) groups excluding carboxylic acids is 1. The summed E-state index contributed by atoms with van der Waals surface area (Å²) in [4.78, 5) is 22.9. The highest BCUT2D eigenvalue weighted by atomic mass is 32.2. The lowest BCUT2D eigenvalue weighted by Crippen LogP contribution is -2.26. The molecule has 0 saturated carbocycles. The van der Waals surface area contributed by atoms with Crippen LogP contribution >= 0.6 is 0 Å². The van der Waals surface area contributed by atoms with Gasteiger partial charge in [0.25, 0.3) is 0 Å². The number of aliphatic carboxylic acids is 1. The fraction of sp³-hybridized carbons (Fsp3) is 0.500. The molecule has 1 aliphatic rings. The lowest BCUT2D eigenvalue weighted by atomic mass is 9.94. The second-order valence-electron chi connectivity index (χ2n) is 6.19. The molecule has 0 aliphatic carbocycles. The van der Waals surface area contributed by atoms with Gasteiger partial charge in [0, 0.05) is 18.7 Å². The largest absolute Gasteiger partial charge is 0.481 e. The van der Waals surface area contributed by atoms with Crippen molar-refractivity contribution in [2.75, 3.05) is 11.9 Å². The van der Waals surface area contributed by atoms with E-state index in [9.17, 15) is 23.1 Å². The summed E-state index contributed by atoms with van der Waals surface area (Å²) in [5.41, 5.74) is 0.831. The number of sulfone groups is 1. The quantitative estimate of drug-likeness (QED) is 0.740. The molecular formula is C16H22N2O5S. The number of nitrogens with one attached hydrogen (secondary N) is 2. The molecule has 1 heterocycles. The average Bonchev–Trinajstić information content (AvgIpc) is 2.95. The molecule has 7 nitrogen and oxygen atoms in total. The molecule has 1 aliphatic heterocycles. The molecule has 2 unspecified atom stereocenters. The summed E-state index contributed by atoms with van der Waals surface area (Å²) in [7, 11) is -3.58. The van der Waals surface area contributed by atoms with E-state index in [2.05, 4.69) is 10.6 Å². The maximum absolute atomic E-state index is 12.7. The van der Waals surface area contributed by atoms with Crippen molar-refractivity contribution in [3.05, 3.63) is 23.8 Å². The first kappa shape index (κ1) is 18.4. The van der Waals surface area contributed by atoms with E-state index in [1.807, 2.05) is 0 Å². The van der Waals surface area contributed by atoms with E-state index in [-0.39, 0.29) is 10.8 Å². The molecule has 0 aromatic heterocycles. The minimum absolute atomic E-state index is 0.109. The van der Waals surface area contributed by atoms with Crippen LogP contribution in [0.3, 0.4) is 0 Å². The van der Waals surface area contributed by atoms with Crippen LogP contribution in [0.1, 0.15) is 38.8 Å². The Hall–Kier alpha value is -1.93. The van der Waals surface area contributed by atoms with Gasteiger partial charge in [0.15, 0.2) is 9.84 Å². The summed E-state index contributed by atoms with van der Waals surface area (Å²) < 4.78 is 25.3. The van der Waals surface area contributed by atoms with Gasteiger partial charge in [0.05, 0.1) is 16.1 Å². The predicted octanol–water partition coefficient (Wildman–Crippen LogP) is 1.56. The molecule has 2 atom stereocenters. The normalized spacial score (nSPS) is 21.0. The van der Waals surface area contributed by atoms with E-state index >= 15 is 0 Å². The van der Waals surface area contributed by atoms with Crippen LogP contribution in [0.15, 0.2) is 23.1 Å². The van der Waals surface area contributed by atoms with E-state index in [4.69, 9.17) is 0 Å². The minimum Gasteiger partial charge on any atom is -0.481 e. The summed E-state index contributed by atoms with van der Waals surface area (Å²) in [6, 6.07) is 3.90. The molecular weight excluding hydrogens is 332 g/mol. The van der Waals surface area contributed by atoms with Crippen LogP contribution < -0.4 is 10.6 Å². The van der Waals surface area contributed by atoms with Gasteiger partial charge < -0.3 is 15.7 Å². The molecule has 0 spiro atoms. The Balaban J connectivity index is 2.60. The second-order valence-corrected chi connectivity index (χ2v) is 8.67. The van der Waals surface area contributed by atoms with Gasteiger partial charge in [0.2, 0.25) is 5.91 Å². The highest BCUT2D eigenvalue weighted by Gasteiger charge is 2.37. The minimum atomic E-state index is -3.58. The van der Waals surface area contributed by atoms with Crippen LogP contribution in [-0.2, 0) is 19.4 Å². The lowest BCUT2D eigenvalue weighted by molar-refractivity contribution is -0.142. The van der Waals surface area contributed by atoms with E-state index < -0.39 is 33.0 Å². The van der Waals surface area contributed by atoms with Gasteiger partial charge in [-0.25, -0.2) is 8.42 Å². The topological polar surface area (TPSA) is 113 Å². The maximum Gasteiger partial charge on any atom is 0.308 e. The number of carboxylic acid groups (broad SMARTS) is 1. The van der Waals surface area contributed by atoms with E-state index in [0.29, 0.717) is 24.2 Å². The fourth-order valence-corrected chi connectivity index (χ4v) is 4.16. The van der Waals surface area contributed by atoms with Crippen molar-refractivity contribution in [1.29, 1.82) is 0 Å². The standard InChI is InChI=1S/C16H22N2O5S/c1-9(2)24(22,23)14-5-4-11(18-10(3)19)8-13(14)15-12(16(20)21)6-7-17-15/h4-5,8-9,12,15,17H,6-7H2,1-3H3,(H,18,19)(H,20,21). The number of amides is 1. The molecule has 1 aromatic rings. The Bertz CT molecular complexity index is 758. The SMILES string of the molecule is CC(=O)Nc1ccc(S(=O)(=O)C(C)C)c(C2NCCC2C(=O)O)c1. The zero-order chi connectivity index (χ0) is 18.1. The van der Waals surface area contributed by atoms with Crippen molar-refractivity contribution in [2.45, 2.75) is 43.4 Å². The molecule has 1 fully saturated rings. The monoisotopic (exact) mass is 354 g/mol. The van der Waals surface area contributed by atoms with E-state index in [1.165, 1.54) is 19.1 Å². The van der Waals surface area contributed by atoms with Crippen molar-refractivity contribution >= 4 is 27.4 Å². The Morgan fingerprint density at radius 2 is 2.00 bits per heavy atom. The van der Waals surface area contributed by atoms with E-state index in [1.54, 1.807) is 19.9 Å². The lowest BCUT2D eigenvalue weighted by Gasteiger charge is -2.22. The third-order valence-electron chi connectivity index (χ3n) is 4.13. The van der Waals surface area contributed by atoms with Gasteiger partial charge in [-0.3, -0.25) is 9.59 Å². The number of benzene rings is 1. The molecule has 24 heavy (non-hydrogen) atoms. The molecule has 1 saturated heterocycles. The summed E-state index contributed by atoms with van der Waals surface area (Å²) in [5.74, 6) is -1.96. The first-order valence-corrected chi connectivity index (χ1v) is 9.31. The number of hydrogen-bond donors (Lipinski definition) is 3. The zero-order valence-electron chi connectivity index (χ0n) is 13.9. The molecule has 0 radical (unpaired) electrons. The van der Waals surface area contributed by atoms with E-state index in [0.717, 1.165) is 0 Å². The first-order valence-electron chi connectivity index (χ1n) is 7.76. The molecule has 1 amide bonds. The van der Waals surface area contributed by atoms with Crippen molar-refractivity contribution in [3.63, 3.8) is 0 Å². The smallest absolute Gasteiger partial charge is 0.308 e. The molecule has 0 bridgehead atoms. The molecule has 8 heteroatoms. The van der Waals surface area contributed by atoms with Crippen LogP contribution in [0.5, 0.6) is 0 Å². The number of rotatable bonds is 5. The van der Waals surface area contributed by atoms with Crippen LogP contribution in [-0.4, -0.2) is 37.2 Å². The van der Waals surface area contributed by atoms with Crippen LogP contribution in [0.4, 0.5) is 5.69 Å². The maximum atomic E-state index is 12.7. The zero-order valence-corrected chi connectivity index (χ0v) is 14.7. The Morgan fingerprint density at radius 3 is 2.54 bits per heavy atom. The van der Waals surface area contributed by atoms with Crippen LogP contribution in [0.2, 0.25) is 0 Å². The highest BCUT2D eigenvalue weighted by molar-refractivity contribution is 7.92. The summed E-state index contributed by atoms with van der Waals surface area (Å²) in [6.45, 7) is 5.01. The first-order chi connectivity index (χ1) is 11.1. The number of hydrogen-bond acceptors (Lipinski definition) is 5. The number of carboxylic acids is 1. The Kier molecular flexibility index (Phi) is 5.29. The number of carbonyl (C=O) groups is 2. The van der Waals surface area contributed by atoms with Gasteiger partial charge in [-0.15, -0.1) is 0 Å². The number of anilines is 1. The highest BCUT2D eigenvalue weighted by Crippen LogP contribution is 2.36. The molecule has 3 N–H and O–H groups in total.